The van der Waals surface area contributed by atoms with Gasteiger partial charge in [-0.3, -0.25) is 4.79 Å². The first-order valence-electron chi connectivity index (χ1n) is 9.79. The number of halogens is 1. The zero-order chi connectivity index (χ0) is 21.7. The van der Waals surface area contributed by atoms with E-state index in [1.165, 1.54) is 7.11 Å². The molecule has 6 heteroatoms. The Morgan fingerprint density at radius 2 is 1.74 bits per heavy atom. The second-order valence-electron chi connectivity index (χ2n) is 7.46. The Kier molecular flexibility index (Phi) is 4.81. The van der Waals surface area contributed by atoms with Gasteiger partial charge in [-0.25, -0.2) is 4.79 Å². The first-order chi connectivity index (χ1) is 15.0. The Morgan fingerprint density at radius 3 is 2.45 bits per heavy atom. The maximum absolute atomic E-state index is 13.4. The van der Waals surface area contributed by atoms with Crippen LogP contribution in [-0.4, -0.2) is 18.9 Å². The molecule has 1 aliphatic heterocycles. The number of ether oxygens (including phenoxy) is 1. The predicted molar refractivity (Wildman–Crippen MR) is 125 cm³/mol. The third-order valence-electron chi connectivity index (χ3n) is 5.69. The van der Waals surface area contributed by atoms with E-state index < -0.39 is 11.9 Å². The zero-order valence-corrected chi connectivity index (χ0v) is 19.0. The third-order valence-corrected chi connectivity index (χ3v) is 6.41. The van der Waals surface area contributed by atoms with Crippen molar-refractivity contribution in [2.24, 2.45) is 0 Å². The molecule has 0 amide bonds. The molecule has 0 radical (unpaired) electrons. The highest BCUT2D eigenvalue weighted by molar-refractivity contribution is 14.1. The average Bonchev–Trinajstić information content (AvgIpc) is 3.37. The summed E-state index contributed by atoms with van der Waals surface area (Å²) in [5.74, 6) is -0.0386. The van der Waals surface area contributed by atoms with Crippen molar-refractivity contribution in [3.63, 3.8) is 0 Å². The number of carbonyl (C=O) groups is 2. The summed E-state index contributed by atoms with van der Waals surface area (Å²) in [7, 11) is 1.34. The summed E-state index contributed by atoms with van der Waals surface area (Å²) in [4.78, 5) is 26.1. The minimum Gasteiger partial charge on any atom is -0.466 e. The van der Waals surface area contributed by atoms with Gasteiger partial charge in [0.1, 0.15) is 11.5 Å². The minimum atomic E-state index is -0.652. The van der Waals surface area contributed by atoms with Crippen molar-refractivity contribution < 1.29 is 18.7 Å². The van der Waals surface area contributed by atoms with Crippen LogP contribution in [-0.2, 0) is 9.53 Å². The van der Waals surface area contributed by atoms with Crippen molar-refractivity contribution in [3.05, 3.63) is 98.0 Å². The molecule has 0 unspecified atom stereocenters. The van der Waals surface area contributed by atoms with Crippen LogP contribution in [0, 0.1) is 3.57 Å². The molecule has 1 aromatic heterocycles. The molecule has 1 N–H and O–H groups in total. The lowest BCUT2D eigenvalue weighted by Crippen LogP contribution is -2.28. The number of methoxy groups -OCH3 is 1. The monoisotopic (exact) mass is 523 g/mol. The highest BCUT2D eigenvalue weighted by Gasteiger charge is 2.44. The van der Waals surface area contributed by atoms with Crippen molar-refractivity contribution in [3.8, 4) is 11.3 Å². The van der Waals surface area contributed by atoms with Crippen LogP contribution in [0.2, 0.25) is 0 Å². The van der Waals surface area contributed by atoms with E-state index in [1.54, 1.807) is 6.07 Å². The SMILES string of the molecule is COC(=O)C1=C(C)NC2=C(C(=O)c3ccccc32)[C@H]1c1ccc(-c2ccc(I)cc2)o1. The molecule has 2 aliphatic rings. The van der Waals surface area contributed by atoms with Gasteiger partial charge in [-0.1, -0.05) is 36.4 Å². The highest BCUT2D eigenvalue weighted by Crippen LogP contribution is 2.47. The number of hydrogen-bond donors (Lipinski definition) is 1. The Labute approximate surface area is 192 Å². The van der Waals surface area contributed by atoms with Crippen LogP contribution in [0.15, 0.2) is 81.9 Å². The van der Waals surface area contributed by atoms with E-state index in [1.807, 2.05) is 61.5 Å². The second-order valence-corrected chi connectivity index (χ2v) is 8.71. The Hall–Kier alpha value is -3.13. The van der Waals surface area contributed by atoms with Gasteiger partial charge in [-0.2, -0.15) is 0 Å². The molecular weight excluding hydrogens is 505 g/mol. The lowest BCUT2D eigenvalue weighted by atomic mass is 9.83. The van der Waals surface area contributed by atoms with Gasteiger partial charge in [0.15, 0.2) is 5.78 Å². The van der Waals surface area contributed by atoms with Gasteiger partial charge in [-0.05, 0) is 53.8 Å². The number of rotatable bonds is 3. The molecule has 2 aromatic carbocycles. The van der Waals surface area contributed by atoms with Crippen LogP contribution in [0.4, 0.5) is 0 Å². The van der Waals surface area contributed by atoms with Gasteiger partial charge in [-0.15, -0.1) is 0 Å². The number of furan rings is 1. The Morgan fingerprint density at radius 1 is 1.03 bits per heavy atom. The topological polar surface area (TPSA) is 68.5 Å². The molecule has 0 saturated carbocycles. The normalized spacial score (nSPS) is 17.4. The van der Waals surface area contributed by atoms with Gasteiger partial charge in [0.25, 0.3) is 0 Å². The van der Waals surface area contributed by atoms with E-state index >= 15 is 0 Å². The Bertz CT molecular complexity index is 1300. The fourth-order valence-electron chi connectivity index (χ4n) is 4.27. The summed E-state index contributed by atoms with van der Waals surface area (Å²) in [6.07, 6.45) is 0. The summed E-state index contributed by atoms with van der Waals surface area (Å²) in [6.45, 7) is 1.82. The predicted octanol–water partition coefficient (Wildman–Crippen LogP) is 5.29. The van der Waals surface area contributed by atoms with Crippen LogP contribution in [0.5, 0.6) is 0 Å². The standard InChI is InChI=1S/C25H18INO4/c1-13-20(25(29)30-2)21(19-12-11-18(31-19)14-7-9-15(26)10-8-14)22-23(27-13)16-5-3-4-6-17(16)24(22)28/h3-12,21,27H,1-2H3/t21-/m0/s1. The van der Waals surface area contributed by atoms with Crippen molar-refractivity contribution >= 4 is 40.0 Å². The van der Waals surface area contributed by atoms with Crippen molar-refractivity contribution in [1.82, 2.24) is 5.32 Å². The molecule has 1 atom stereocenters. The summed E-state index contributed by atoms with van der Waals surface area (Å²) >= 11 is 2.25. The molecule has 5 nitrogen and oxygen atoms in total. The van der Waals surface area contributed by atoms with Crippen molar-refractivity contribution in [2.45, 2.75) is 12.8 Å². The number of fused-ring (bicyclic) bond motifs is 2. The molecular formula is C25H18INO4. The van der Waals surface area contributed by atoms with Crippen LogP contribution in [0.25, 0.3) is 17.0 Å². The molecule has 0 saturated heterocycles. The van der Waals surface area contributed by atoms with Gasteiger partial charge in [0.05, 0.1) is 24.3 Å². The maximum atomic E-state index is 13.4. The van der Waals surface area contributed by atoms with Crippen LogP contribution in [0.1, 0.15) is 34.5 Å². The van der Waals surface area contributed by atoms with Crippen molar-refractivity contribution in [1.29, 1.82) is 0 Å². The number of benzene rings is 2. The smallest absolute Gasteiger partial charge is 0.336 e. The number of dihydropyridines is 1. The van der Waals surface area contributed by atoms with Gasteiger partial charge < -0.3 is 14.5 Å². The lowest BCUT2D eigenvalue weighted by Gasteiger charge is -2.27. The molecule has 1 aliphatic carbocycles. The summed E-state index contributed by atoms with van der Waals surface area (Å²) in [5.41, 5.74) is 4.64. The van der Waals surface area contributed by atoms with Gasteiger partial charge >= 0.3 is 5.97 Å². The number of ketones is 1. The molecule has 0 fully saturated rings. The fraction of sp³-hybridized carbons (Fsp3) is 0.120. The highest BCUT2D eigenvalue weighted by atomic mass is 127. The maximum Gasteiger partial charge on any atom is 0.336 e. The average molecular weight is 523 g/mol. The lowest BCUT2D eigenvalue weighted by molar-refractivity contribution is -0.136. The van der Waals surface area contributed by atoms with E-state index in [9.17, 15) is 9.59 Å². The van der Waals surface area contributed by atoms with E-state index in [2.05, 4.69) is 27.9 Å². The quantitative estimate of drug-likeness (QED) is 0.373. The number of Topliss-reactive ketones (excluding diaryl/α,β-unsaturated/α-hetero) is 1. The summed E-state index contributed by atoms with van der Waals surface area (Å²) in [5, 5.41) is 3.27. The summed E-state index contributed by atoms with van der Waals surface area (Å²) in [6, 6.07) is 19.1. The molecule has 31 heavy (non-hydrogen) atoms. The van der Waals surface area contributed by atoms with E-state index in [0.29, 0.717) is 33.9 Å². The minimum absolute atomic E-state index is 0.107. The second kappa shape index (κ2) is 7.53. The first kappa shape index (κ1) is 19.8. The van der Waals surface area contributed by atoms with Crippen LogP contribution < -0.4 is 5.32 Å². The molecule has 0 bridgehead atoms. The largest absolute Gasteiger partial charge is 0.466 e. The van der Waals surface area contributed by atoms with Gasteiger partial charge in [0.2, 0.25) is 0 Å². The molecule has 0 spiro atoms. The van der Waals surface area contributed by atoms with E-state index in [4.69, 9.17) is 9.15 Å². The van der Waals surface area contributed by atoms with Crippen LogP contribution >= 0.6 is 22.6 Å². The van der Waals surface area contributed by atoms with Crippen LogP contribution in [0.3, 0.4) is 0 Å². The zero-order valence-electron chi connectivity index (χ0n) is 16.9. The summed E-state index contributed by atoms with van der Waals surface area (Å²) < 4.78 is 12.4. The van der Waals surface area contributed by atoms with E-state index in [0.717, 1.165) is 20.4 Å². The fourth-order valence-corrected chi connectivity index (χ4v) is 4.63. The number of esters is 1. The number of allylic oxidation sites excluding steroid dienone is 2. The Balaban J connectivity index is 1.67. The number of hydrogen-bond acceptors (Lipinski definition) is 5. The first-order valence-corrected chi connectivity index (χ1v) is 10.9. The van der Waals surface area contributed by atoms with Gasteiger partial charge in [0, 0.05) is 31.5 Å². The van der Waals surface area contributed by atoms with E-state index in [-0.39, 0.29) is 5.78 Å². The third kappa shape index (κ3) is 3.13. The molecule has 3 aromatic rings. The van der Waals surface area contributed by atoms with Crippen molar-refractivity contribution in [2.75, 3.05) is 7.11 Å². The molecule has 5 rings (SSSR count). The number of carbonyl (C=O) groups excluding carboxylic acids is 2. The molecule has 2 heterocycles. The molecule has 154 valence electrons. The number of nitrogens with one attached hydrogen (secondary N) is 1.